The topological polar surface area (TPSA) is 68.9 Å². The van der Waals surface area contributed by atoms with Crippen molar-refractivity contribution in [2.75, 3.05) is 0 Å². The van der Waals surface area contributed by atoms with Crippen molar-refractivity contribution in [3.63, 3.8) is 0 Å². The van der Waals surface area contributed by atoms with Crippen LogP contribution >= 0.6 is 11.6 Å². The van der Waals surface area contributed by atoms with E-state index in [1.807, 2.05) is 26.0 Å². The quantitative estimate of drug-likeness (QED) is 0.474. The molecule has 0 fully saturated rings. The number of fused-ring (bicyclic) bond motifs is 1. The van der Waals surface area contributed by atoms with Gasteiger partial charge in [0.2, 0.25) is 5.91 Å². The molecule has 0 atom stereocenters. The van der Waals surface area contributed by atoms with E-state index in [1.165, 1.54) is 23.0 Å². The number of halogens is 2. The molecule has 164 valence electrons. The molecule has 1 amide bonds. The van der Waals surface area contributed by atoms with Crippen LogP contribution in [0.5, 0.6) is 0 Å². The Morgan fingerprint density at radius 3 is 2.62 bits per heavy atom. The molecule has 0 aliphatic carbocycles. The number of hydrogen-bond acceptors (Lipinski definition) is 3. The zero-order chi connectivity index (χ0) is 22.8. The van der Waals surface area contributed by atoms with E-state index in [1.54, 1.807) is 28.8 Å². The Kier molecular flexibility index (Phi) is 6.10. The predicted octanol–water partition coefficient (Wildman–Crippen LogP) is 4.30. The van der Waals surface area contributed by atoms with E-state index >= 15 is 0 Å². The van der Waals surface area contributed by atoms with Crippen molar-refractivity contribution in [1.82, 2.24) is 19.4 Å². The fourth-order valence-corrected chi connectivity index (χ4v) is 3.82. The average Bonchev–Trinajstić information content (AvgIpc) is 3.03. The number of aromatic nitrogens is 3. The van der Waals surface area contributed by atoms with Crippen LogP contribution in [0.3, 0.4) is 0 Å². The molecule has 2 aromatic heterocycles. The van der Waals surface area contributed by atoms with Crippen molar-refractivity contribution in [2.45, 2.75) is 33.4 Å². The smallest absolute Gasteiger partial charge is 0.263 e. The molecule has 4 aromatic rings. The Labute approximate surface area is 189 Å². The summed E-state index contributed by atoms with van der Waals surface area (Å²) in [7, 11) is 0. The summed E-state index contributed by atoms with van der Waals surface area (Å²) < 4.78 is 17.0. The molecule has 0 unspecified atom stereocenters. The molecule has 0 spiro atoms. The number of nitrogens with one attached hydrogen (secondary N) is 1. The summed E-state index contributed by atoms with van der Waals surface area (Å²) in [6.07, 6.45) is 1.58. The number of amides is 1. The van der Waals surface area contributed by atoms with Gasteiger partial charge in [0, 0.05) is 30.2 Å². The number of rotatable bonds is 6. The summed E-state index contributed by atoms with van der Waals surface area (Å²) in [5.74, 6) is -0.531. The van der Waals surface area contributed by atoms with Crippen molar-refractivity contribution in [3.05, 3.63) is 92.9 Å². The second kappa shape index (κ2) is 8.96. The highest BCUT2D eigenvalue weighted by Gasteiger charge is 2.18. The van der Waals surface area contributed by atoms with Crippen molar-refractivity contribution in [2.24, 2.45) is 0 Å². The fourth-order valence-electron chi connectivity index (χ4n) is 3.69. The van der Waals surface area contributed by atoms with Gasteiger partial charge in [-0.25, -0.2) is 9.37 Å². The third-order valence-electron chi connectivity index (χ3n) is 5.53. The lowest BCUT2D eigenvalue weighted by Crippen LogP contribution is -2.27. The molecule has 32 heavy (non-hydrogen) atoms. The second-order valence-corrected chi connectivity index (χ2v) is 8.06. The molecule has 1 N–H and O–H groups in total. The molecule has 0 radical (unpaired) electrons. The molecular formula is C24H22ClFN4O2. The summed E-state index contributed by atoms with van der Waals surface area (Å²) in [5.41, 5.74) is 3.38. The monoisotopic (exact) mass is 452 g/mol. The third-order valence-corrected chi connectivity index (χ3v) is 5.78. The molecule has 0 aliphatic rings. The van der Waals surface area contributed by atoms with Crippen molar-refractivity contribution in [1.29, 1.82) is 0 Å². The highest BCUT2D eigenvalue weighted by Crippen LogP contribution is 2.25. The average molecular weight is 453 g/mol. The first-order valence-electron chi connectivity index (χ1n) is 10.2. The molecule has 0 aliphatic heterocycles. The molecule has 8 heteroatoms. The number of aryl methyl sites for hydroxylation is 2. The maximum atomic E-state index is 13.8. The van der Waals surface area contributed by atoms with Gasteiger partial charge in [-0.1, -0.05) is 29.8 Å². The van der Waals surface area contributed by atoms with Crippen LogP contribution < -0.4 is 10.9 Å². The molecule has 2 aromatic carbocycles. The Hall–Kier alpha value is -3.45. The molecule has 6 nitrogen and oxygen atoms in total. The van der Waals surface area contributed by atoms with Crippen molar-refractivity contribution < 1.29 is 9.18 Å². The first-order chi connectivity index (χ1) is 15.3. The van der Waals surface area contributed by atoms with Gasteiger partial charge in [0.15, 0.2) is 5.65 Å². The van der Waals surface area contributed by atoms with Gasteiger partial charge in [-0.3, -0.25) is 18.7 Å². The van der Waals surface area contributed by atoms with Crippen molar-refractivity contribution >= 4 is 28.5 Å². The second-order valence-electron chi connectivity index (χ2n) is 7.62. The maximum Gasteiger partial charge on any atom is 0.263 e. The SMILES string of the molecule is Cc1c(C)n(-c2cccc(F)c2)c2ncn(CCC(=O)NCc3ccc(Cl)cc3)c(=O)c12. The van der Waals surface area contributed by atoms with Crippen LogP contribution in [0.1, 0.15) is 23.2 Å². The van der Waals surface area contributed by atoms with Gasteiger partial charge in [0.05, 0.1) is 17.4 Å². The number of hydrogen-bond donors (Lipinski definition) is 1. The van der Waals surface area contributed by atoms with Gasteiger partial charge >= 0.3 is 0 Å². The normalized spacial score (nSPS) is 11.1. The lowest BCUT2D eigenvalue weighted by Gasteiger charge is -2.09. The van der Waals surface area contributed by atoms with Gasteiger partial charge in [0.1, 0.15) is 5.82 Å². The van der Waals surface area contributed by atoms with Crippen LogP contribution in [0.2, 0.25) is 5.02 Å². The van der Waals surface area contributed by atoms with Crippen LogP contribution in [-0.2, 0) is 17.9 Å². The number of benzene rings is 2. The lowest BCUT2D eigenvalue weighted by molar-refractivity contribution is -0.121. The minimum atomic E-state index is -0.362. The zero-order valence-corrected chi connectivity index (χ0v) is 18.5. The highest BCUT2D eigenvalue weighted by molar-refractivity contribution is 6.30. The third kappa shape index (κ3) is 4.29. The number of carbonyl (C=O) groups excluding carboxylic acids is 1. The van der Waals surface area contributed by atoms with E-state index in [2.05, 4.69) is 10.3 Å². The Balaban J connectivity index is 1.54. The summed E-state index contributed by atoms with van der Waals surface area (Å²) in [4.78, 5) is 29.9. The van der Waals surface area contributed by atoms with Crippen LogP contribution in [0.25, 0.3) is 16.7 Å². The minimum Gasteiger partial charge on any atom is -0.352 e. The molecule has 4 rings (SSSR count). The first-order valence-corrected chi connectivity index (χ1v) is 10.6. The molecule has 2 heterocycles. The van der Waals surface area contributed by atoms with Gasteiger partial charge in [0.25, 0.3) is 5.56 Å². The molecule has 0 bridgehead atoms. The summed E-state index contributed by atoms with van der Waals surface area (Å²) in [6.45, 7) is 4.31. The van der Waals surface area contributed by atoms with E-state index in [-0.39, 0.29) is 30.2 Å². The van der Waals surface area contributed by atoms with E-state index in [0.29, 0.717) is 28.3 Å². The van der Waals surface area contributed by atoms with Gasteiger partial charge in [-0.2, -0.15) is 0 Å². The summed E-state index contributed by atoms with van der Waals surface area (Å²) >= 11 is 5.87. The molecule has 0 saturated carbocycles. The van der Waals surface area contributed by atoms with Gasteiger partial charge in [-0.05, 0) is 55.3 Å². The predicted molar refractivity (Wildman–Crippen MR) is 123 cm³/mol. The van der Waals surface area contributed by atoms with E-state index in [4.69, 9.17) is 11.6 Å². The minimum absolute atomic E-state index is 0.142. The first kappa shape index (κ1) is 21.8. The lowest BCUT2D eigenvalue weighted by atomic mass is 10.2. The maximum absolute atomic E-state index is 13.8. The Morgan fingerprint density at radius 1 is 1.16 bits per heavy atom. The van der Waals surface area contributed by atoms with E-state index < -0.39 is 0 Å². The summed E-state index contributed by atoms with van der Waals surface area (Å²) in [6, 6.07) is 13.4. The zero-order valence-electron chi connectivity index (χ0n) is 17.7. The van der Waals surface area contributed by atoms with Crippen LogP contribution in [0, 0.1) is 19.7 Å². The van der Waals surface area contributed by atoms with Crippen LogP contribution in [0.15, 0.2) is 59.7 Å². The van der Waals surface area contributed by atoms with Crippen LogP contribution in [-0.4, -0.2) is 20.0 Å². The number of carbonyl (C=O) groups is 1. The molecule has 0 saturated heterocycles. The Bertz CT molecular complexity index is 1360. The fraction of sp³-hybridized carbons (Fsp3) is 0.208. The summed E-state index contributed by atoms with van der Waals surface area (Å²) in [5, 5.41) is 3.95. The van der Waals surface area contributed by atoms with Crippen molar-refractivity contribution in [3.8, 4) is 5.69 Å². The standard InChI is InChI=1S/C24H22ClFN4O2/c1-15-16(2)30(20-5-3-4-19(26)12-20)23-22(15)24(32)29(14-28-23)11-10-21(31)27-13-17-6-8-18(25)9-7-17/h3-9,12,14H,10-11,13H2,1-2H3,(H,27,31). The van der Waals surface area contributed by atoms with E-state index in [0.717, 1.165) is 16.8 Å². The van der Waals surface area contributed by atoms with Gasteiger partial charge in [-0.15, -0.1) is 0 Å². The largest absolute Gasteiger partial charge is 0.352 e. The van der Waals surface area contributed by atoms with Gasteiger partial charge < -0.3 is 5.32 Å². The molecular weight excluding hydrogens is 431 g/mol. The Morgan fingerprint density at radius 2 is 1.91 bits per heavy atom. The van der Waals surface area contributed by atoms with E-state index in [9.17, 15) is 14.0 Å². The highest BCUT2D eigenvalue weighted by atomic mass is 35.5. The van der Waals surface area contributed by atoms with Crippen LogP contribution in [0.4, 0.5) is 4.39 Å². The number of nitrogens with zero attached hydrogens (tertiary/aromatic N) is 3.